The Morgan fingerprint density at radius 2 is 0.896 bits per heavy atom. The molecule has 48 heavy (non-hydrogen) atoms. The summed E-state index contributed by atoms with van der Waals surface area (Å²) in [6, 6.07) is 64.2. The van der Waals surface area contributed by atoms with Gasteiger partial charge in [0.15, 0.2) is 0 Å². The minimum absolute atomic E-state index is 1.17. The first-order valence-corrected chi connectivity index (χ1v) is 17.3. The molecule has 0 fully saturated rings. The normalized spacial score (nSPS) is 11.8. The topological polar surface area (TPSA) is 4.93 Å². The first-order chi connectivity index (χ1) is 23.8. The lowest BCUT2D eigenvalue weighted by atomic mass is 9.91. The van der Waals surface area contributed by atoms with Crippen LogP contribution in [0.15, 0.2) is 176 Å². The molecule has 224 valence electrons. The number of aromatic nitrogens is 1. The number of benzene rings is 8. The second kappa shape index (κ2) is 10.8. The zero-order valence-electron chi connectivity index (χ0n) is 26.1. The lowest BCUT2D eigenvalue weighted by Crippen LogP contribution is -1.93. The smallest absolute Gasteiger partial charge is 0.0541 e. The van der Waals surface area contributed by atoms with Gasteiger partial charge >= 0.3 is 0 Å². The van der Waals surface area contributed by atoms with Crippen molar-refractivity contribution in [3.63, 3.8) is 0 Å². The number of hydrogen-bond acceptors (Lipinski definition) is 1. The van der Waals surface area contributed by atoms with Gasteiger partial charge in [-0.15, -0.1) is 11.3 Å². The van der Waals surface area contributed by atoms with Crippen molar-refractivity contribution in [3.8, 4) is 38.4 Å². The second-order valence-electron chi connectivity index (χ2n) is 12.5. The van der Waals surface area contributed by atoms with Gasteiger partial charge in [-0.3, -0.25) is 0 Å². The van der Waals surface area contributed by atoms with Crippen molar-refractivity contribution in [1.82, 2.24) is 4.57 Å². The van der Waals surface area contributed by atoms with Gasteiger partial charge in [0.05, 0.1) is 11.0 Å². The molecule has 0 aliphatic heterocycles. The van der Waals surface area contributed by atoms with Crippen molar-refractivity contribution in [2.45, 2.75) is 0 Å². The third-order valence-electron chi connectivity index (χ3n) is 9.80. The fourth-order valence-corrected chi connectivity index (χ4v) is 9.02. The summed E-state index contributed by atoms with van der Waals surface area (Å²) in [6.07, 6.45) is 0. The van der Waals surface area contributed by atoms with Crippen LogP contribution in [0.5, 0.6) is 0 Å². The van der Waals surface area contributed by atoms with E-state index in [-0.39, 0.29) is 0 Å². The molecule has 2 heterocycles. The molecule has 8 aromatic carbocycles. The molecule has 1 nitrogen and oxygen atoms in total. The Kier molecular flexibility index (Phi) is 6.12. The average Bonchev–Trinajstić information content (AvgIpc) is 3.73. The van der Waals surface area contributed by atoms with Gasteiger partial charge in [0.25, 0.3) is 0 Å². The van der Waals surface area contributed by atoms with Crippen molar-refractivity contribution in [1.29, 1.82) is 0 Å². The van der Waals surface area contributed by atoms with Crippen molar-refractivity contribution in [3.05, 3.63) is 176 Å². The quantitative estimate of drug-likeness (QED) is 0.171. The third kappa shape index (κ3) is 4.10. The predicted octanol–water partition coefficient (Wildman–Crippen LogP) is 13.3. The summed E-state index contributed by atoms with van der Waals surface area (Å²) < 4.78 is 3.72. The van der Waals surface area contributed by atoms with Crippen LogP contribution in [0.1, 0.15) is 0 Å². The summed E-state index contributed by atoms with van der Waals surface area (Å²) in [5, 5.41) is 9.10. The van der Waals surface area contributed by atoms with E-state index in [1.807, 2.05) is 11.3 Å². The minimum atomic E-state index is 1.17. The Morgan fingerprint density at radius 1 is 0.354 bits per heavy atom. The Hall–Kier alpha value is -5.96. The molecule has 0 bridgehead atoms. The van der Waals surface area contributed by atoms with E-state index in [9.17, 15) is 0 Å². The van der Waals surface area contributed by atoms with Crippen LogP contribution < -0.4 is 0 Å². The van der Waals surface area contributed by atoms with Crippen LogP contribution in [0, 0.1) is 0 Å². The van der Waals surface area contributed by atoms with E-state index < -0.39 is 0 Å². The van der Waals surface area contributed by atoms with Crippen LogP contribution in [0.2, 0.25) is 0 Å². The molecule has 0 radical (unpaired) electrons. The van der Waals surface area contributed by atoms with Gasteiger partial charge in [0.2, 0.25) is 0 Å². The summed E-state index contributed by atoms with van der Waals surface area (Å²) in [7, 11) is 0. The van der Waals surface area contributed by atoms with E-state index in [1.165, 1.54) is 91.8 Å². The van der Waals surface area contributed by atoms with Gasteiger partial charge in [0, 0.05) is 42.4 Å². The molecule has 10 rings (SSSR count). The zero-order chi connectivity index (χ0) is 31.6. The third-order valence-corrected chi connectivity index (χ3v) is 11.1. The monoisotopic (exact) mass is 627 g/mol. The van der Waals surface area contributed by atoms with E-state index >= 15 is 0 Å². The van der Waals surface area contributed by atoms with Crippen molar-refractivity contribution < 1.29 is 0 Å². The minimum Gasteiger partial charge on any atom is -0.309 e. The van der Waals surface area contributed by atoms with Gasteiger partial charge in [-0.1, -0.05) is 146 Å². The molecule has 0 saturated heterocycles. The molecule has 0 N–H and O–H groups in total. The highest BCUT2D eigenvalue weighted by Gasteiger charge is 2.21. The molecule has 0 amide bonds. The summed E-state index contributed by atoms with van der Waals surface area (Å²) in [5.41, 5.74) is 9.91. The summed E-state index contributed by atoms with van der Waals surface area (Å²) in [4.78, 5) is 1.32. The highest BCUT2D eigenvalue weighted by atomic mass is 32.1. The largest absolute Gasteiger partial charge is 0.309 e. The van der Waals surface area contributed by atoms with Gasteiger partial charge in [-0.2, -0.15) is 0 Å². The van der Waals surface area contributed by atoms with E-state index in [0.29, 0.717) is 0 Å². The Bertz CT molecular complexity index is 2750. The Balaban J connectivity index is 1.17. The molecule has 10 aromatic rings. The van der Waals surface area contributed by atoms with Crippen LogP contribution in [0.4, 0.5) is 0 Å². The van der Waals surface area contributed by atoms with Gasteiger partial charge in [-0.05, 0) is 68.7 Å². The number of nitrogens with zero attached hydrogens (tertiary/aromatic N) is 1. The van der Waals surface area contributed by atoms with E-state index in [1.54, 1.807) is 0 Å². The standard InChI is InChI=1S/C46H29NS/c1-3-13-31(14-4-1)43-44-38-20-8-7-17-35(38)40-29-33(25-28-39(40)46(44)48-45(43)32-15-5-2-6-16-32)30-23-26-34(27-24-30)47-41-21-11-9-18-36(41)37-19-10-12-22-42(37)47/h1-29H. The highest BCUT2D eigenvalue weighted by Crippen LogP contribution is 2.50. The zero-order valence-corrected chi connectivity index (χ0v) is 26.9. The Morgan fingerprint density at radius 3 is 1.56 bits per heavy atom. The van der Waals surface area contributed by atoms with Crippen molar-refractivity contribution in [2.75, 3.05) is 0 Å². The molecule has 0 spiro atoms. The second-order valence-corrected chi connectivity index (χ2v) is 13.5. The number of rotatable bonds is 4. The number of hydrogen-bond donors (Lipinski definition) is 0. The number of thiophene rings is 1. The van der Waals surface area contributed by atoms with Crippen LogP contribution in [-0.2, 0) is 0 Å². The molecule has 2 heteroatoms. The van der Waals surface area contributed by atoms with E-state index in [0.717, 1.165) is 0 Å². The maximum Gasteiger partial charge on any atom is 0.0541 e. The molecule has 0 atom stereocenters. The summed E-state index contributed by atoms with van der Waals surface area (Å²) in [6.45, 7) is 0. The fraction of sp³-hybridized carbons (Fsp3) is 0. The summed E-state index contributed by atoms with van der Waals surface area (Å²) >= 11 is 1.92. The van der Waals surface area contributed by atoms with E-state index in [2.05, 4.69) is 180 Å². The molecule has 0 unspecified atom stereocenters. The molecular weight excluding hydrogens is 599 g/mol. The maximum absolute atomic E-state index is 2.40. The van der Waals surface area contributed by atoms with Crippen LogP contribution in [-0.4, -0.2) is 4.57 Å². The lowest BCUT2D eigenvalue weighted by Gasteiger charge is -2.12. The van der Waals surface area contributed by atoms with Gasteiger partial charge in [-0.25, -0.2) is 0 Å². The van der Waals surface area contributed by atoms with Crippen LogP contribution >= 0.6 is 11.3 Å². The molecule has 0 saturated carbocycles. The first kappa shape index (κ1) is 27.2. The number of fused-ring (bicyclic) bond motifs is 9. The van der Waals surface area contributed by atoms with Crippen LogP contribution in [0.3, 0.4) is 0 Å². The number of para-hydroxylation sites is 2. The molecular formula is C46H29NS. The van der Waals surface area contributed by atoms with E-state index in [4.69, 9.17) is 0 Å². The predicted molar refractivity (Wildman–Crippen MR) is 207 cm³/mol. The van der Waals surface area contributed by atoms with Gasteiger partial charge < -0.3 is 4.57 Å². The maximum atomic E-state index is 2.40. The SMILES string of the molecule is c1ccc(-c2sc3c4ccc(-c5ccc(-n6c7ccccc7c7ccccc76)cc5)cc4c4ccccc4c3c2-c2ccccc2)cc1. The van der Waals surface area contributed by atoms with Crippen molar-refractivity contribution in [2.24, 2.45) is 0 Å². The average molecular weight is 628 g/mol. The van der Waals surface area contributed by atoms with Crippen molar-refractivity contribution >= 4 is 64.8 Å². The Labute approximate surface area is 282 Å². The lowest BCUT2D eigenvalue weighted by molar-refractivity contribution is 1.18. The molecule has 0 aliphatic carbocycles. The van der Waals surface area contributed by atoms with Crippen LogP contribution in [0.25, 0.3) is 91.8 Å². The fourth-order valence-electron chi connectivity index (χ4n) is 7.64. The summed E-state index contributed by atoms with van der Waals surface area (Å²) in [5.74, 6) is 0. The highest BCUT2D eigenvalue weighted by molar-refractivity contribution is 7.24. The molecule has 0 aliphatic rings. The molecule has 2 aromatic heterocycles. The van der Waals surface area contributed by atoms with Gasteiger partial charge in [0.1, 0.15) is 0 Å². The first-order valence-electron chi connectivity index (χ1n) is 16.4.